The molecule has 1 fully saturated rings. The lowest BCUT2D eigenvalue weighted by atomic mass is 10.1. The molecule has 0 bridgehead atoms. The molecule has 1 N–H and O–H groups in total. The zero-order chi connectivity index (χ0) is 18.7. The molecule has 0 atom stereocenters. The van der Waals surface area contributed by atoms with Crippen LogP contribution < -0.4 is 10.2 Å². The van der Waals surface area contributed by atoms with Crippen molar-refractivity contribution in [2.24, 2.45) is 0 Å². The molecule has 138 valence electrons. The quantitative estimate of drug-likeness (QED) is 0.854. The minimum Gasteiger partial charge on any atom is -0.372 e. The summed E-state index contributed by atoms with van der Waals surface area (Å²) >= 11 is 5.92. The number of hydrogen-bond acceptors (Lipinski definition) is 4. The Balaban J connectivity index is 1.74. The second-order valence-corrected chi connectivity index (χ2v) is 8.86. The zero-order valence-electron chi connectivity index (χ0n) is 14.5. The van der Waals surface area contributed by atoms with E-state index in [1.165, 1.54) is 37.5 Å². The van der Waals surface area contributed by atoms with Gasteiger partial charge in [-0.05, 0) is 61.7 Å². The molecule has 0 unspecified atom stereocenters. The Hall–Kier alpha value is -2.05. The second-order valence-electron chi connectivity index (χ2n) is 6.47. The number of carbonyl (C=O) groups is 1. The van der Waals surface area contributed by atoms with Crippen LogP contribution in [0.3, 0.4) is 0 Å². The summed E-state index contributed by atoms with van der Waals surface area (Å²) in [6, 6.07) is 11.9. The minimum atomic E-state index is -3.50. The van der Waals surface area contributed by atoms with Crippen LogP contribution in [0.15, 0.2) is 47.4 Å². The van der Waals surface area contributed by atoms with Gasteiger partial charge in [0.25, 0.3) is 5.91 Å². The lowest BCUT2D eigenvalue weighted by Gasteiger charge is -2.28. The largest absolute Gasteiger partial charge is 0.372 e. The molecule has 1 saturated heterocycles. The van der Waals surface area contributed by atoms with Crippen LogP contribution in [0.4, 0.5) is 11.4 Å². The maximum atomic E-state index is 12.4. The second kappa shape index (κ2) is 7.68. The third-order valence-electron chi connectivity index (χ3n) is 4.44. The summed E-state index contributed by atoms with van der Waals surface area (Å²) in [6.07, 6.45) is 4.76. The number of nitrogens with one attached hydrogen (secondary N) is 1. The molecule has 0 saturated carbocycles. The zero-order valence-corrected chi connectivity index (χ0v) is 16.1. The molecule has 2 aromatic rings. The number of amides is 1. The fourth-order valence-electron chi connectivity index (χ4n) is 3.04. The highest BCUT2D eigenvalue weighted by atomic mass is 35.5. The first kappa shape index (κ1) is 18.7. The number of nitrogens with zero attached hydrogens (tertiary/aromatic N) is 1. The maximum absolute atomic E-state index is 12.4. The smallest absolute Gasteiger partial charge is 0.255 e. The summed E-state index contributed by atoms with van der Waals surface area (Å²) in [5.41, 5.74) is 2.05. The fraction of sp³-hybridized carbons (Fsp3) is 0.316. The van der Waals surface area contributed by atoms with Crippen LogP contribution in [0.1, 0.15) is 29.6 Å². The van der Waals surface area contributed by atoms with Crippen LogP contribution in [-0.4, -0.2) is 33.7 Å². The van der Waals surface area contributed by atoms with Crippen molar-refractivity contribution in [1.29, 1.82) is 0 Å². The number of rotatable bonds is 4. The Morgan fingerprint density at radius 1 is 1.04 bits per heavy atom. The fourth-order valence-corrected chi connectivity index (χ4v) is 4.34. The number of hydrogen-bond donors (Lipinski definition) is 1. The van der Waals surface area contributed by atoms with E-state index in [1.54, 1.807) is 0 Å². The molecule has 1 aliphatic rings. The van der Waals surface area contributed by atoms with Gasteiger partial charge in [0, 0.05) is 36.3 Å². The molecule has 7 heteroatoms. The first-order valence-electron chi connectivity index (χ1n) is 8.50. The van der Waals surface area contributed by atoms with E-state index in [-0.39, 0.29) is 21.4 Å². The monoisotopic (exact) mass is 392 g/mol. The molecule has 3 rings (SSSR count). The molecule has 1 heterocycles. The van der Waals surface area contributed by atoms with Gasteiger partial charge < -0.3 is 10.2 Å². The van der Waals surface area contributed by atoms with E-state index in [9.17, 15) is 13.2 Å². The van der Waals surface area contributed by atoms with Crippen molar-refractivity contribution >= 4 is 38.7 Å². The third-order valence-corrected chi connectivity index (χ3v) is 6.02. The summed E-state index contributed by atoms with van der Waals surface area (Å²) in [5.74, 6) is -0.378. The lowest BCUT2D eigenvalue weighted by Crippen LogP contribution is -2.29. The van der Waals surface area contributed by atoms with Crippen molar-refractivity contribution in [1.82, 2.24) is 0 Å². The summed E-state index contributed by atoms with van der Waals surface area (Å²) in [4.78, 5) is 14.7. The number of halogens is 1. The minimum absolute atomic E-state index is 0.0488. The van der Waals surface area contributed by atoms with Gasteiger partial charge in [0.2, 0.25) is 0 Å². The van der Waals surface area contributed by atoms with Gasteiger partial charge in [0.05, 0.1) is 9.92 Å². The molecule has 2 aromatic carbocycles. The molecule has 5 nitrogen and oxygen atoms in total. The normalized spacial score (nSPS) is 14.9. The third kappa shape index (κ3) is 4.37. The van der Waals surface area contributed by atoms with E-state index < -0.39 is 9.84 Å². The number of sulfone groups is 1. The van der Waals surface area contributed by atoms with E-state index in [0.29, 0.717) is 5.69 Å². The molecule has 1 amide bonds. The van der Waals surface area contributed by atoms with E-state index in [0.717, 1.165) is 25.0 Å². The van der Waals surface area contributed by atoms with Gasteiger partial charge in [-0.1, -0.05) is 11.6 Å². The Morgan fingerprint density at radius 3 is 2.31 bits per heavy atom. The molecule has 0 aliphatic carbocycles. The van der Waals surface area contributed by atoms with Crippen LogP contribution in [0, 0.1) is 0 Å². The highest BCUT2D eigenvalue weighted by molar-refractivity contribution is 7.90. The van der Waals surface area contributed by atoms with E-state index in [1.807, 2.05) is 24.3 Å². The summed E-state index contributed by atoms with van der Waals surface area (Å²) in [6.45, 7) is 2.12. The first-order chi connectivity index (χ1) is 12.3. The van der Waals surface area contributed by atoms with Crippen molar-refractivity contribution in [2.45, 2.75) is 24.2 Å². The number of carbonyl (C=O) groups excluding carboxylic acids is 1. The molecule has 0 spiro atoms. The number of benzene rings is 2. The average Bonchev–Trinajstić information content (AvgIpc) is 2.62. The Bertz CT molecular complexity index is 905. The number of piperidine rings is 1. The van der Waals surface area contributed by atoms with Crippen molar-refractivity contribution in [3.8, 4) is 0 Å². The van der Waals surface area contributed by atoms with Crippen LogP contribution in [-0.2, 0) is 9.84 Å². The number of anilines is 2. The van der Waals surface area contributed by atoms with Gasteiger partial charge in [0.15, 0.2) is 9.84 Å². The van der Waals surface area contributed by atoms with Crippen molar-refractivity contribution in [3.05, 3.63) is 53.1 Å². The molecular formula is C19H21ClN2O3S. The van der Waals surface area contributed by atoms with Gasteiger partial charge in [-0.25, -0.2) is 8.42 Å². The van der Waals surface area contributed by atoms with Crippen molar-refractivity contribution < 1.29 is 13.2 Å². The van der Waals surface area contributed by atoms with Crippen molar-refractivity contribution in [3.63, 3.8) is 0 Å². The molecule has 1 aliphatic heterocycles. The molecule has 26 heavy (non-hydrogen) atoms. The summed E-state index contributed by atoms with van der Waals surface area (Å²) in [5, 5.41) is 2.90. The Labute approximate surface area is 158 Å². The van der Waals surface area contributed by atoms with Crippen LogP contribution in [0.5, 0.6) is 0 Å². The first-order valence-corrected chi connectivity index (χ1v) is 10.8. The van der Waals surface area contributed by atoms with E-state index in [2.05, 4.69) is 10.2 Å². The van der Waals surface area contributed by atoms with E-state index >= 15 is 0 Å². The predicted octanol–water partition coefficient (Wildman–Crippen LogP) is 3.99. The molecule has 0 radical (unpaired) electrons. The van der Waals surface area contributed by atoms with Gasteiger partial charge in [0.1, 0.15) is 0 Å². The highest BCUT2D eigenvalue weighted by Crippen LogP contribution is 2.24. The Kier molecular flexibility index (Phi) is 5.53. The standard InChI is InChI=1S/C19H21ClN2O3S/c1-26(24,25)18-13-14(5-10-17(18)20)19(23)21-15-6-8-16(9-7-15)22-11-3-2-4-12-22/h5-10,13H,2-4,11-12H2,1H3,(H,21,23). The molecular weight excluding hydrogens is 372 g/mol. The van der Waals surface area contributed by atoms with Crippen LogP contribution >= 0.6 is 11.6 Å². The topological polar surface area (TPSA) is 66.5 Å². The van der Waals surface area contributed by atoms with Gasteiger partial charge in [-0.2, -0.15) is 0 Å². The van der Waals surface area contributed by atoms with Crippen molar-refractivity contribution in [2.75, 3.05) is 29.6 Å². The average molecular weight is 393 g/mol. The summed E-state index contributed by atoms with van der Waals surface area (Å²) in [7, 11) is -3.50. The van der Waals surface area contributed by atoms with Crippen LogP contribution in [0.25, 0.3) is 0 Å². The lowest BCUT2D eigenvalue weighted by molar-refractivity contribution is 0.102. The van der Waals surface area contributed by atoms with Gasteiger partial charge >= 0.3 is 0 Å². The highest BCUT2D eigenvalue weighted by Gasteiger charge is 2.16. The van der Waals surface area contributed by atoms with Crippen LogP contribution in [0.2, 0.25) is 5.02 Å². The maximum Gasteiger partial charge on any atom is 0.255 e. The van der Waals surface area contributed by atoms with E-state index in [4.69, 9.17) is 11.6 Å². The Morgan fingerprint density at radius 2 is 1.69 bits per heavy atom. The van der Waals surface area contributed by atoms with Gasteiger partial charge in [-0.3, -0.25) is 4.79 Å². The predicted molar refractivity (Wildman–Crippen MR) is 105 cm³/mol. The summed E-state index contributed by atoms with van der Waals surface area (Å²) < 4.78 is 23.5. The SMILES string of the molecule is CS(=O)(=O)c1cc(C(=O)Nc2ccc(N3CCCCC3)cc2)ccc1Cl. The molecule has 0 aromatic heterocycles. The van der Waals surface area contributed by atoms with Gasteiger partial charge in [-0.15, -0.1) is 0 Å².